The number of hydrogen-bond acceptors (Lipinski definition) is 5. The number of fused-ring (bicyclic) bond motifs is 3. The number of rotatable bonds is 4. The Morgan fingerprint density at radius 2 is 1.93 bits per heavy atom. The van der Waals surface area contributed by atoms with Gasteiger partial charge < -0.3 is 9.73 Å². The second kappa shape index (κ2) is 6.96. The minimum Gasteiger partial charge on any atom is -0.463 e. The summed E-state index contributed by atoms with van der Waals surface area (Å²) in [4.78, 5) is 30.1. The number of anilines is 1. The van der Waals surface area contributed by atoms with Crippen molar-refractivity contribution < 1.29 is 13.6 Å². The Morgan fingerprint density at radius 3 is 2.70 bits per heavy atom. The van der Waals surface area contributed by atoms with Gasteiger partial charge in [0.05, 0.1) is 11.8 Å². The number of aromatic nitrogens is 4. The van der Waals surface area contributed by atoms with Gasteiger partial charge in [-0.1, -0.05) is 0 Å². The normalized spacial score (nSPS) is 11.2. The van der Waals surface area contributed by atoms with Gasteiger partial charge in [0.2, 0.25) is 5.91 Å². The highest BCUT2D eigenvalue weighted by Gasteiger charge is 2.18. The molecule has 8 nitrogen and oxygen atoms in total. The van der Waals surface area contributed by atoms with E-state index in [1.54, 1.807) is 36.5 Å². The SMILES string of the molecule is O=C(Cn1c(=O)c2cc(-c3ccco3)nn2c2ncccc21)Nc1ccc(F)cc1. The van der Waals surface area contributed by atoms with E-state index in [0.29, 0.717) is 28.3 Å². The standard InChI is InChI=1S/C21H14FN5O3/c22-13-5-7-14(8-6-13)24-19(28)12-26-16-3-1-9-23-20(16)27-17(21(26)29)11-15(25-27)18-4-2-10-30-18/h1-11H,12H2,(H,24,28). The van der Waals surface area contributed by atoms with Gasteiger partial charge in [0.25, 0.3) is 5.56 Å². The molecule has 1 N–H and O–H groups in total. The molecule has 0 bridgehead atoms. The Morgan fingerprint density at radius 1 is 1.10 bits per heavy atom. The number of benzene rings is 1. The van der Waals surface area contributed by atoms with Crippen LogP contribution in [0.2, 0.25) is 0 Å². The third kappa shape index (κ3) is 3.02. The van der Waals surface area contributed by atoms with E-state index in [9.17, 15) is 14.0 Å². The van der Waals surface area contributed by atoms with Crippen molar-refractivity contribution in [2.75, 3.05) is 5.32 Å². The zero-order valence-electron chi connectivity index (χ0n) is 15.4. The van der Waals surface area contributed by atoms with Crippen LogP contribution in [-0.4, -0.2) is 25.1 Å². The molecule has 0 aliphatic carbocycles. The fourth-order valence-corrected chi connectivity index (χ4v) is 3.28. The maximum atomic E-state index is 13.2. The molecule has 0 atom stereocenters. The summed E-state index contributed by atoms with van der Waals surface area (Å²) in [5.41, 5.74) is 1.68. The predicted molar refractivity (Wildman–Crippen MR) is 107 cm³/mol. The zero-order valence-corrected chi connectivity index (χ0v) is 15.4. The van der Waals surface area contributed by atoms with Crippen LogP contribution in [-0.2, 0) is 11.3 Å². The van der Waals surface area contributed by atoms with Crippen molar-refractivity contribution in [2.45, 2.75) is 6.54 Å². The first-order valence-corrected chi connectivity index (χ1v) is 9.07. The van der Waals surface area contributed by atoms with Crippen LogP contribution in [0.4, 0.5) is 10.1 Å². The Kier molecular flexibility index (Phi) is 4.13. The van der Waals surface area contributed by atoms with Gasteiger partial charge in [-0.3, -0.25) is 14.2 Å². The molecular formula is C21H14FN5O3. The van der Waals surface area contributed by atoms with E-state index in [1.807, 2.05) is 0 Å². The quantitative estimate of drug-likeness (QED) is 0.498. The maximum absolute atomic E-state index is 13.2. The Bertz CT molecular complexity index is 1440. The Hall–Kier alpha value is -4.27. The average molecular weight is 403 g/mol. The van der Waals surface area contributed by atoms with Crippen LogP contribution >= 0.6 is 0 Å². The summed E-state index contributed by atoms with van der Waals surface area (Å²) < 4.78 is 21.2. The molecule has 0 saturated carbocycles. The summed E-state index contributed by atoms with van der Waals surface area (Å²) in [7, 11) is 0. The van der Waals surface area contributed by atoms with Crippen molar-refractivity contribution in [3.8, 4) is 11.5 Å². The highest BCUT2D eigenvalue weighted by Crippen LogP contribution is 2.21. The second-order valence-corrected chi connectivity index (χ2v) is 6.60. The van der Waals surface area contributed by atoms with E-state index in [4.69, 9.17) is 4.42 Å². The first kappa shape index (κ1) is 17.8. The fraction of sp³-hybridized carbons (Fsp3) is 0.0476. The largest absolute Gasteiger partial charge is 0.463 e. The van der Waals surface area contributed by atoms with Gasteiger partial charge in [0.1, 0.15) is 23.6 Å². The molecule has 0 radical (unpaired) electrons. The van der Waals surface area contributed by atoms with Gasteiger partial charge in [-0.15, -0.1) is 0 Å². The monoisotopic (exact) mass is 403 g/mol. The van der Waals surface area contributed by atoms with Crippen LogP contribution < -0.4 is 10.9 Å². The number of furan rings is 1. The van der Waals surface area contributed by atoms with Crippen molar-refractivity contribution in [3.05, 3.63) is 83.2 Å². The summed E-state index contributed by atoms with van der Waals surface area (Å²) >= 11 is 0. The Labute approximate surface area is 168 Å². The number of amides is 1. The molecule has 0 aliphatic heterocycles. The summed E-state index contributed by atoms with van der Waals surface area (Å²) in [5.74, 6) is -0.313. The van der Waals surface area contributed by atoms with Gasteiger partial charge in [-0.05, 0) is 48.5 Å². The molecule has 1 amide bonds. The number of carbonyl (C=O) groups excluding carboxylic acids is 1. The topological polar surface area (TPSA) is 94.4 Å². The molecule has 0 fully saturated rings. The molecule has 0 saturated heterocycles. The van der Waals surface area contributed by atoms with Crippen LogP contribution in [0.3, 0.4) is 0 Å². The maximum Gasteiger partial charge on any atom is 0.277 e. The fourth-order valence-electron chi connectivity index (χ4n) is 3.28. The molecule has 0 aliphatic rings. The first-order chi connectivity index (χ1) is 14.6. The molecule has 148 valence electrons. The lowest BCUT2D eigenvalue weighted by Crippen LogP contribution is -2.29. The van der Waals surface area contributed by atoms with Gasteiger partial charge in [-0.25, -0.2) is 13.9 Å². The molecular weight excluding hydrogens is 389 g/mol. The van der Waals surface area contributed by atoms with Gasteiger partial charge in [-0.2, -0.15) is 5.10 Å². The van der Waals surface area contributed by atoms with Crippen LogP contribution in [0.1, 0.15) is 0 Å². The number of nitrogens with one attached hydrogen (secondary N) is 1. The highest BCUT2D eigenvalue weighted by molar-refractivity contribution is 5.91. The van der Waals surface area contributed by atoms with Crippen LogP contribution in [0, 0.1) is 5.82 Å². The van der Waals surface area contributed by atoms with E-state index in [1.165, 1.54) is 39.6 Å². The third-order valence-corrected chi connectivity index (χ3v) is 4.63. The van der Waals surface area contributed by atoms with Crippen molar-refractivity contribution in [1.82, 2.24) is 19.2 Å². The summed E-state index contributed by atoms with van der Waals surface area (Å²) in [6, 6.07) is 13.8. The number of pyridine rings is 1. The van der Waals surface area contributed by atoms with E-state index in [0.717, 1.165) is 0 Å². The molecule has 4 aromatic heterocycles. The number of carbonyl (C=O) groups is 1. The number of nitrogens with zero attached hydrogens (tertiary/aromatic N) is 4. The summed E-state index contributed by atoms with van der Waals surface area (Å²) in [6.45, 7) is -0.240. The number of halogens is 1. The van der Waals surface area contributed by atoms with Crippen molar-refractivity contribution in [1.29, 1.82) is 0 Å². The van der Waals surface area contributed by atoms with Crippen LogP contribution in [0.5, 0.6) is 0 Å². The van der Waals surface area contributed by atoms with Crippen molar-refractivity contribution >= 4 is 28.3 Å². The number of hydrogen-bond donors (Lipinski definition) is 1. The molecule has 1 aromatic carbocycles. The molecule has 30 heavy (non-hydrogen) atoms. The van der Waals surface area contributed by atoms with E-state index < -0.39 is 17.3 Å². The molecule has 0 unspecified atom stereocenters. The highest BCUT2D eigenvalue weighted by atomic mass is 19.1. The second-order valence-electron chi connectivity index (χ2n) is 6.60. The molecule has 0 spiro atoms. The first-order valence-electron chi connectivity index (χ1n) is 9.07. The van der Waals surface area contributed by atoms with Crippen molar-refractivity contribution in [3.63, 3.8) is 0 Å². The van der Waals surface area contributed by atoms with E-state index in [2.05, 4.69) is 15.4 Å². The van der Waals surface area contributed by atoms with Crippen LogP contribution in [0.25, 0.3) is 28.1 Å². The van der Waals surface area contributed by atoms with Gasteiger partial charge in [0, 0.05) is 18.0 Å². The van der Waals surface area contributed by atoms with Crippen molar-refractivity contribution in [2.24, 2.45) is 0 Å². The van der Waals surface area contributed by atoms with Gasteiger partial charge in [0.15, 0.2) is 11.4 Å². The summed E-state index contributed by atoms with van der Waals surface area (Å²) in [6.07, 6.45) is 3.11. The average Bonchev–Trinajstić information content (AvgIpc) is 3.43. The van der Waals surface area contributed by atoms with E-state index >= 15 is 0 Å². The molecule has 5 rings (SSSR count). The smallest absolute Gasteiger partial charge is 0.277 e. The molecule has 5 aromatic rings. The minimum absolute atomic E-state index is 0.240. The zero-order chi connectivity index (χ0) is 20.7. The molecule has 4 heterocycles. The lowest BCUT2D eigenvalue weighted by molar-refractivity contribution is -0.116. The predicted octanol–water partition coefficient (Wildman–Crippen LogP) is 3.08. The molecule has 9 heteroatoms. The van der Waals surface area contributed by atoms with Crippen LogP contribution in [0.15, 0.2) is 76.3 Å². The third-order valence-electron chi connectivity index (χ3n) is 4.63. The minimum atomic E-state index is -0.427. The lowest BCUT2D eigenvalue weighted by atomic mass is 10.3. The Balaban J connectivity index is 1.60. The van der Waals surface area contributed by atoms with E-state index in [-0.39, 0.29) is 12.1 Å². The lowest BCUT2D eigenvalue weighted by Gasteiger charge is -2.11. The summed E-state index contributed by atoms with van der Waals surface area (Å²) in [5, 5.41) is 7.11. The van der Waals surface area contributed by atoms with Gasteiger partial charge >= 0.3 is 0 Å².